The van der Waals surface area contributed by atoms with E-state index in [0.717, 1.165) is 24.8 Å². The van der Waals surface area contributed by atoms with Gasteiger partial charge in [-0.2, -0.15) is 0 Å². The number of allylic oxidation sites excluding steroid dienone is 2. The third kappa shape index (κ3) is 1.41. The molecule has 0 bridgehead atoms. The van der Waals surface area contributed by atoms with Crippen molar-refractivity contribution in [2.75, 3.05) is 0 Å². The van der Waals surface area contributed by atoms with Crippen LogP contribution in [0.25, 0.3) is 0 Å². The number of ketones is 1. The summed E-state index contributed by atoms with van der Waals surface area (Å²) in [5, 5.41) is 0. The Kier molecular flexibility index (Phi) is 2.25. The molecule has 0 spiro atoms. The van der Waals surface area contributed by atoms with Gasteiger partial charge in [-0.1, -0.05) is 36.8 Å². The molecule has 1 unspecified atom stereocenters. The van der Waals surface area contributed by atoms with Crippen molar-refractivity contribution in [3.05, 3.63) is 46.5 Å². The molecule has 0 aromatic heterocycles. The second-order valence-corrected chi connectivity index (χ2v) is 5.52. The van der Waals surface area contributed by atoms with E-state index < -0.39 is 0 Å². The van der Waals surface area contributed by atoms with E-state index in [1.807, 2.05) is 6.92 Å². The highest BCUT2D eigenvalue weighted by atomic mass is 16.1. The molecular weight excluding hydrogens is 208 g/mol. The lowest BCUT2D eigenvalue weighted by Crippen LogP contribution is -2.35. The van der Waals surface area contributed by atoms with Crippen LogP contribution in [0.1, 0.15) is 44.2 Å². The summed E-state index contributed by atoms with van der Waals surface area (Å²) in [7, 11) is 0. The predicted octanol–water partition coefficient (Wildman–Crippen LogP) is 3.57. The minimum Gasteiger partial charge on any atom is -0.295 e. The van der Waals surface area contributed by atoms with Crippen LogP contribution in [-0.4, -0.2) is 5.78 Å². The van der Waals surface area contributed by atoms with E-state index in [1.54, 1.807) is 0 Å². The molecule has 1 aromatic rings. The monoisotopic (exact) mass is 226 g/mol. The molecule has 0 N–H and O–H groups in total. The zero-order valence-corrected chi connectivity index (χ0v) is 10.5. The zero-order chi connectivity index (χ0) is 12.0. The van der Waals surface area contributed by atoms with Gasteiger partial charge in [0, 0.05) is 11.8 Å². The smallest absolute Gasteiger partial charge is 0.158 e. The number of fused-ring (bicyclic) bond motifs is 3. The summed E-state index contributed by atoms with van der Waals surface area (Å²) in [6.07, 6.45) is 3.84. The maximum absolute atomic E-state index is 11.8. The Bertz CT molecular complexity index is 524. The van der Waals surface area contributed by atoms with Crippen molar-refractivity contribution in [1.29, 1.82) is 0 Å². The van der Waals surface area contributed by atoms with Gasteiger partial charge in [0.1, 0.15) is 0 Å². The van der Waals surface area contributed by atoms with Gasteiger partial charge in [-0.15, -0.1) is 0 Å². The maximum Gasteiger partial charge on any atom is 0.158 e. The molecule has 0 saturated heterocycles. The molecule has 1 aromatic carbocycles. The highest BCUT2D eigenvalue weighted by Gasteiger charge is 2.40. The molecular formula is C16H18O. The molecule has 3 rings (SSSR count). The molecule has 1 heteroatoms. The molecule has 0 fully saturated rings. The molecule has 1 atom stereocenters. The Hall–Kier alpha value is -1.37. The lowest BCUT2D eigenvalue weighted by molar-refractivity contribution is -0.116. The van der Waals surface area contributed by atoms with E-state index in [1.165, 1.54) is 16.7 Å². The first-order valence-electron chi connectivity index (χ1n) is 6.45. The molecule has 88 valence electrons. The average molecular weight is 226 g/mol. The normalized spacial score (nSPS) is 27.8. The van der Waals surface area contributed by atoms with Gasteiger partial charge in [0.25, 0.3) is 0 Å². The Labute approximate surface area is 103 Å². The van der Waals surface area contributed by atoms with Crippen molar-refractivity contribution in [2.45, 2.75) is 44.9 Å². The quantitative estimate of drug-likeness (QED) is 0.661. The van der Waals surface area contributed by atoms with Gasteiger partial charge in [-0.25, -0.2) is 0 Å². The van der Waals surface area contributed by atoms with Crippen LogP contribution in [0, 0.1) is 0 Å². The van der Waals surface area contributed by atoms with E-state index in [-0.39, 0.29) is 5.41 Å². The number of rotatable bonds is 0. The SMILES string of the molecule is CC1=C2CCc3ccccc3C2(C)CCC1=O. The van der Waals surface area contributed by atoms with Gasteiger partial charge in [-0.05, 0) is 42.9 Å². The highest BCUT2D eigenvalue weighted by Crippen LogP contribution is 2.48. The number of hydrogen-bond acceptors (Lipinski definition) is 1. The Morgan fingerprint density at radius 1 is 1.12 bits per heavy atom. The van der Waals surface area contributed by atoms with Crippen LogP contribution in [-0.2, 0) is 16.6 Å². The summed E-state index contributed by atoms with van der Waals surface area (Å²) >= 11 is 0. The number of benzene rings is 1. The van der Waals surface area contributed by atoms with Gasteiger partial charge in [0.2, 0.25) is 0 Å². The number of aryl methyl sites for hydroxylation is 1. The lowest BCUT2D eigenvalue weighted by Gasteiger charge is -2.42. The molecule has 0 amide bonds. The van der Waals surface area contributed by atoms with E-state index in [9.17, 15) is 4.79 Å². The molecule has 2 aliphatic rings. The lowest BCUT2D eigenvalue weighted by atomic mass is 9.61. The van der Waals surface area contributed by atoms with Crippen molar-refractivity contribution in [3.8, 4) is 0 Å². The summed E-state index contributed by atoms with van der Waals surface area (Å²) in [6.45, 7) is 4.33. The molecule has 0 saturated carbocycles. The van der Waals surface area contributed by atoms with Gasteiger partial charge >= 0.3 is 0 Å². The van der Waals surface area contributed by atoms with E-state index in [2.05, 4.69) is 31.2 Å². The number of hydrogen-bond donors (Lipinski definition) is 0. The second-order valence-electron chi connectivity index (χ2n) is 5.52. The first-order valence-corrected chi connectivity index (χ1v) is 6.45. The van der Waals surface area contributed by atoms with Gasteiger partial charge in [-0.3, -0.25) is 4.79 Å². The average Bonchev–Trinajstić information content (AvgIpc) is 2.35. The van der Waals surface area contributed by atoms with Crippen LogP contribution in [0.4, 0.5) is 0 Å². The van der Waals surface area contributed by atoms with Crippen LogP contribution < -0.4 is 0 Å². The molecule has 0 radical (unpaired) electrons. The number of carbonyl (C=O) groups is 1. The van der Waals surface area contributed by atoms with Crippen LogP contribution in [0.5, 0.6) is 0 Å². The first kappa shape index (κ1) is 10.8. The number of Topliss-reactive ketones (excluding diaryl/α,β-unsaturated/α-hetero) is 1. The van der Waals surface area contributed by atoms with Crippen molar-refractivity contribution in [2.24, 2.45) is 0 Å². The molecule has 0 heterocycles. The predicted molar refractivity (Wildman–Crippen MR) is 69.1 cm³/mol. The third-order valence-corrected chi connectivity index (χ3v) is 4.65. The second kappa shape index (κ2) is 3.56. The largest absolute Gasteiger partial charge is 0.295 e. The Morgan fingerprint density at radius 2 is 1.88 bits per heavy atom. The van der Waals surface area contributed by atoms with Crippen molar-refractivity contribution < 1.29 is 4.79 Å². The Morgan fingerprint density at radius 3 is 2.71 bits per heavy atom. The zero-order valence-electron chi connectivity index (χ0n) is 10.5. The van der Waals surface area contributed by atoms with E-state index >= 15 is 0 Å². The minimum atomic E-state index is 0.118. The topological polar surface area (TPSA) is 17.1 Å². The van der Waals surface area contributed by atoms with E-state index in [4.69, 9.17) is 0 Å². The molecule has 17 heavy (non-hydrogen) atoms. The fraction of sp³-hybridized carbons (Fsp3) is 0.438. The molecule has 0 aliphatic heterocycles. The summed E-state index contributed by atoms with van der Waals surface area (Å²) in [5.74, 6) is 0.358. The molecule has 2 aliphatic carbocycles. The fourth-order valence-corrected chi connectivity index (χ4v) is 3.58. The van der Waals surface area contributed by atoms with Gasteiger partial charge in [0.05, 0.1) is 0 Å². The highest BCUT2D eigenvalue weighted by molar-refractivity contribution is 5.97. The van der Waals surface area contributed by atoms with Gasteiger partial charge in [0.15, 0.2) is 5.78 Å². The van der Waals surface area contributed by atoms with Crippen molar-refractivity contribution in [1.82, 2.24) is 0 Å². The van der Waals surface area contributed by atoms with Crippen LogP contribution >= 0.6 is 0 Å². The van der Waals surface area contributed by atoms with Crippen molar-refractivity contribution in [3.63, 3.8) is 0 Å². The molecule has 1 nitrogen and oxygen atoms in total. The fourth-order valence-electron chi connectivity index (χ4n) is 3.58. The maximum atomic E-state index is 11.8. The van der Waals surface area contributed by atoms with Crippen LogP contribution in [0.15, 0.2) is 35.4 Å². The number of carbonyl (C=O) groups excluding carboxylic acids is 1. The van der Waals surface area contributed by atoms with Gasteiger partial charge < -0.3 is 0 Å². The van der Waals surface area contributed by atoms with Crippen LogP contribution in [0.3, 0.4) is 0 Å². The summed E-state index contributed by atoms with van der Waals surface area (Å²) in [6, 6.07) is 8.73. The standard InChI is InChI=1S/C16H18O/c1-11-13-8-7-12-5-3-4-6-14(12)16(13,2)10-9-15(11)17/h3-6H,7-10H2,1-2H3. The summed E-state index contributed by atoms with van der Waals surface area (Å²) < 4.78 is 0. The van der Waals surface area contributed by atoms with Crippen LogP contribution in [0.2, 0.25) is 0 Å². The van der Waals surface area contributed by atoms with Crippen molar-refractivity contribution >= 4 is 5.78 Å². The summed E-state index contributed by atoms with van der Waals surface area (Å²) in [4.78, 5) is 11.8. The third-order valence-electron chi connectivity index (χ3n) is 4.65. The Balaban J connectivity index is 2.23. The first-order chi connectivity index (χ1) is 8.13. The van der Waals surface area contributed by atoms with E-state index in [0.29, 0.717) is 12.2 Å². The minimum absolute atomic E-state index is 0.118. The summed E-state index contributed by atoms with van der Waals surface area (Å²) in [5.41, 5.74) is 5.47.